The summed E-state index contributed by atoms with van der Waals surface area (Å²) in [4.78, 5) is 22.4. The van der Waals surface area contributed by atoms with Gasteiger partial charge in [0.15, 0.2) is 23.0 Å². The highest BCUT2D eigenvalue weighted by Crippen LogP contribution is 2.08. The van der Waals surface area contributed by atoms with E-state index in [1.165, 1.54) is 30.1 Å². The fourth-order valence-electron chi connectivity index (χ4n) is 1.24. The zero-order valence-corrected chi connectivity index (χ0v) is 11.4. The lowest BCUT2D eigenvalue weighted by molar-refractivity contribution is -0.124. The smallest absolute Gasteiger partial charge is 0.347 e. The van der Waals surface area contributed by atoms with Gasteiger partial charge in [0.25, 0.3) is 0 Å². The lowest BCUT2D eigenvalue weighted by Crippen LogP contribution is -2.26. The first-order valence-electron chi connectivity index (χ1n) is 4.85. The maximum absolute atomic E-state index is 11.3. The first-order chi connectivity index (χ1) is 8.17. The molecule has 0 aromatic heterocycles. The van der Waals surface area contributed by atoms with E-state index in [2.05, 4.69) is 13.1 Å². The fourth-order valence-corrected chi connectivity index (χ4v) is 1.49. The number of rotatable bonds is 5. The summed E-state index contributed by atoms with van der Waals surface area (Å²) in [5, 5.41) is 2.67. The Labute approximate surface area is 113 Å². The van der Waals surface area contributed by atoms with E-state index in [1.807, 2.05) is 6.07 Å². The molecule has 0 bridgehead atoms. The quantitative estimate of drug-likeness (QED) is 0.818. The van der Waals surface area contributed by atoms with Crippen LogP contribution in [0.15, 0.2) is 24.3 Å². The number of halogens is 1. The zero-order valence-electron chi connectivity index (χ0n) is 9.23. The molecule has 17 heavy (non-hydrogen) atoms. The summed E-state index contributed by atoms with van der Waals surface area (Å²) >= 11 is 1.54. The molecule has 0 aliphatic carbocycles. The van der Waals surface area contributed by atoms with Crippen molar-refractivity contribution < 1.29 is 17.4 Å². The van der Waals surface area contributed by atoms with Crippen molar-refractivity contribution in [1.82, 2.24) is 5.32 Å². The zero-order chi connectivity index (χ0) is 12.7. The molecule has 1 rings (SSSR count). The number of benzene rings is 1. The van der Waals surface area contributed by atoms with Gasteiger partial charge in [-0.05, 0) is 17.7 Å². The van der Waals surface area contributed by atoms with Crippen LogP contribution in [-0.2, 0) is 19.1 Å². The van der Waals surface area contributed by atoms with Gasteiger partial charge in [0, 0.05) is 13.7 Å². The van der Waals surface area contributed by atoms with Gasteiger partial charge in [0.05, 0.1) is 5.56 Å². The van der Waals surface area contributed by atoms with E-state index >= 15 is 0 Å². The highest BCUT2D eigenvalue weighted by molar-refractivity contribution is 14.1. The lowest BCUT2D eigenvalue weighted by atomic mass is 10.1. The topological polar surface area (TPSA) is 64.6 Å². The predicted molar refractivity (Wildman–Crippen MR) is 69.6 cm³/mol. The van der Waals surface area contributed by atoms with Crippen LogP contribution in [0.2, 0.25) is 0 Å². The third kappa shape index (κ3) is 4.70. The Morgan fingerprint density at radius 3 is 2.82 bits per heavy atom. The molecule has 6 heteroatoms. The average Bonchev–Trinajstić information content (AvgIpc) is 2.36. The average molecular weight is 349 g/mol. The molecular weight excluding hydrogens is 337 g/mol. The van der Waals surface area contributed by atoms with Crippen molar-refractivity contribution in [2.45, 2.75) is 6.54 Å². The molecule has 0 fully saturated rings. The van der Waals surface area contributed by atoms with Crippen LogP contribution in [0.25, 0.3) is 0 Å². The van der Waals surface area contributed by atoms with Crippen molar-refractivity contribution in [3.63, 3.8) is 0 Å². The molecule has 1 aromatic carbocycles. The normalized spacial score (nSPS) is 9.76. The second-order valence-electron chi connectivity index (χ2n) is 3.27. The van der Waals surface area contributed by atoms with Crippen LogP contribution >= 0.6 is 23.0 Å². The van der Waals surface area contributed by atoms with E-state index < -0.39 is 5.97 Å². The molecule has 0 saturated carbocycles. The van der Waals surface area contributed by atoms with Gasteiger partial charge in [-0.25, -0.2) is 4.79 Å². The summed E-state index contributed by atoms with van der Waals surface area (Å²) in [7, 11) is 1.45. The van der Waals surface area contributed by atoms with Gasteiger partial charge >= 0.3 is 5.97 Å². The van der Waals surface area contributed by atoms with Crippen LogP contribution in [0.4, 0.5) is 0 Å². The third-order valence-electron chi connectivity index (χ3n) is 2.00. The Bertz CT molecular complexity index is 408. The van der Waals surface area contributed by atoms with Crippen molar-refractivity contribution in [2.24, 2.45) is 0 Å². The number of ether oxygens (including phenoxy) is 1. The van der Waals surface area contributed by atoms with E-state index in [1.54, 1.807) is 18.2 Å². The maximum Gasteiger partial charge on any atom is 0.347 e. The Morgan fingerprint density at radius 2 is 2.18 bits per heavy atom. The minimum Gasteiger partial charge on any atom is -0.391 e. The molecule has 1 aromatic rings. The first kappa shape index (κ1) is 13.9. The molecule has 5 nitrogen and oxygen atoms in total. The summed E-state index contributed by atoms with van der Waals surface area (Å²) in [5.41, 5.74) is 1.28. The van der Waals surface area contributed by atoms with Crippen LogP contribution in [0, 0.1) is 0 Å². The number of amides is 1. The highest BCUT2D eigenvalue weighted by Gasteiger charge is 2.07. The Balaban J connectivity index is 2.60. The van der Waals surface area contributed by atoms with E-state index in [0.717, 1.165) is 5.56 Å². The van der Waals surface area contributed by atoms with Gasteiger partial charge in [0.2, 0.25) is 5.91 Å². The molecule has 0 heterocycles. The monoisotopic (exact) mass is 349 g/mol. The second-order valence-corrected chi connectivity index (χ2v) is 3.72. The van der Waals surface area contributed by atoms with E-state index in [-0.39, 0.29) is 12.5 Å². The van der Waals surface area contributed by atoms with Crippen molar-refractivity contribution in [3.8, 4) is 0 Å². The van der Waals surface area contributed by atoms with E-state index in [9.17, 15) is 9.59 Å². The number of carbonyl (C=O) groups excluding carboxylic acids is 2. The Kier molecular flexibility index (Phi) is 5.92. The Hall–Kier alpha value is -1.15. The van der Waals surface area contributed by atoms with Crippen LogP contribution in [-0.4, -0.2) is 25.6 Å². The van der Waals surface area contributed by atoms with Gasteiger partial charge in [-0.15, -0.1) is 0 Å². The van der Waals surface area contributed by atoms with Gasteiger partial charge in [-0.1, -0.05) is 12.1 Å². The molecule has 92 valence electrons. The van der Waals surface area contributed by atoms with Gasteiger partial charge in [-0.2, -0.15) is 0 Å². The molecule has 0 saturated heterocycles. The molecule has 1 N–H and O–H groups in total. The van der Waals surface area contributed by atoms with Crippen LogP contribution in [0.1, 0.15) is 15.9 Å². The molecule has 1 amide bonds. The van der Waals surface area contributed by atoms with Crippen molar-refractivity contribution in [3.05, 3.63) is 35.4 Å². The summed E-state index contributed by atoms with van der Waals surface area (Å²) in [6.07, 6.45) is 0. The van der Waals surface area contributed by atoms with Gasteiger partial charge < -0.3 is 13.1 Å². The molecule has 0 spiro atoms. The molecule has 0 unspecified atom stereocenters. The Morgan fingerprint density at radius 1 is 1.41 bits per heavy atom. The van der Waals surface area contributed by atoms with Gasteiger partial charge in [0.1, 0.15) is 6.61 Å². The van der Waals surface area contributed by atoms with E-state index in [0.29, 0.717) is 12.1 Å². The van der Waals surface area contributed by atoms with Crippen LogP contribution in [0.3, 0.4) is 0 Å². The predicted octanol–water partition coefficient (Wildman–Crippen LogP) is 1.46. The fraction of sp³-hybridized carbons (Fsp3) is 0.273. The molecule has 0 radical (unpaired) electrons. The third-order valence-corrected chi connectivity index (χ3v) is 2.40. The molecular formula is C11H12INO4. The summed E-state index contributed by atoms with van der Waals surface area (Å²) in [6.45, 7) is 0.375. The van der Waals surface area contributed by atoms with Crippen molar-refractivity contribution >= 4 is 34.9 Å². The van der Waals surface area contributed by atoms with Crippen molar-refractivity contribution in [1.29, 1.82) is 0 Å². The van der Waals surface area contributed by atoms with Crippen LogP contribution in [0.5, 0.6) is 0 Å². The minimum absolute atomic E-state index is 0.0233. The number of hydrogen-bond donors (Lipinski definition) is 1. The molecule has 0 aliphatic heterocycles. The minimum atomic E-state index is -0.407. The van der Waals surface area contributed by atoms with Gasteiger partial charge in [-0.3, -0.25) is 4.79 Å². The SMILES string of the molecule is COCC(=O)NCc1cccc(C(=O)OI)c1. The number of methoxy groups -OCH3 is 1. The number of nitrogens with one attached hydrogen (secondary N) is 1. The summed E-state index contributed by atoms with van der Waals surface area (Å²) in [6, 6.07) is 6.88. The number of carbonyl (C=O) groups is 2. The van der Waals surface area contributed by atoms with E-state index in [4.69, 9.17) is 0 Å². The number of hydrogen-bond acceptors (Lipinski definition) is 4. The summed E-state index contributed by atoms with van der Waals surface area (Å²) < 4.78 is 9.26. The highest BCUT2D eigenvalue weighted by atomic mass is 127. The standard InChI is InChI=1S/C11H12INO4/c1-16-7-10(14)13-6-8-3-2-4-9(5-8)11(15)17-12/h2-5H,6-7H2,1H3,(H,13,14). The lowest BCUT2D eigenvalue weighted by Gasteiger charge is -2.05. The summed E-state index contributed by atoms with van der Waals surface area (Å²) in [5.74, 6) is -0.606. The van der Waals surface area contributed by atoms with Crippen LogP contribution < -0.4 is 5.32 Å². The second kappa shape index (κ2) is 7.23. The maximum atomic E-state index is 11.3. The first-order valence-corrected chi connectivity index (χ1v) is 5.73. The molecule has 0 aliphatic rings. The molecule has 0 atom stereocenters. The largest absolute Gasteiger partial charge is 0.391 e. The van der Waals surface area contributed by atoms with Crippen molar-refractivity contribution in [2.75, 3.05) is 13.7 Å².